The van der Waals surface area contributed by atoms with Crippen LogP contribution in [0, 0.1) is 7.14 Å². The van der Waals surface area contributed by atoms with Crippen molar-refractivity contribution in [2.24, 2.45) is 5.73 Å². The number of ether oxygens (including phenoxy) is 1. The van der Waals surface area contributed by atoms with Crippen molar-refractivity contribution < 1.29 is 19.0 Å². The highest BCUT2D eigenvalue weighted by molar-refractivity contribution is 14.1. The van der Waals surface area contributed by atoms with Gasteiger partial charge in [-0.25, -0.2) is 9.18 Å². The van der Waals surface area contributed by atoms with Gasteiger partial charge in [-0.1, -0.05) is 0 Å². The lowest BCUT2D eigenvalue weighted by atomic mass is 10.0. The molecular formula is C11H13ClFI2NO3. The molecule has 0 aliphatic heterocycles. The first-order valence-electron chi connectivity index (χ1n) is 5.12. The van der Waals surface area contributed by atoms with E-state index in [1.54, 1.807) is 19.1 Å². The zero-order valence-electron chi connectivity index (χ0n) is 9.90. The van der Waals surface area contributed by atoms with Gasteiger partial charge in [0.15, 0.2) is 0 Å². The largest absolute Gasteiger partial charge is 0.506 e. The van der Waals surface area contributed by atoms with Crippen molar-refractivity contribution >= 4 is 63.6 Å². The Balaban J connectivity index is 0.00000324. The Morgan fingerprint density at radius 1 is 1.47 bits per heavy atom. The first kappa shape index (κ1) is 19.1. The second-order valence-corrected chi connectivity index (χ2v) is 5.84. The van der Waals surface area contributed by atoms with Gasteiger partial charge in [0.2, 0.25) is 6.17 Å². The Hall–Kier alpha value is 0.130. The third-order valence-corrected chi connectivity index (χ3v) is 3.90. The van der Waals surface area contributed by atoms with Crippen molar-refractivity contribution in [3.05, 3.63) is 24.8 Å². The minimum atomic E-state index is -1.92. The Kier molecular flexibility index (Phi) is 8.48. The minimum absolute atomic E-state index is 0. The van der Waals surface area contributed by atoms with Gasteiger partial charge in [0.25, 0.3) is 0 Å². The average Bonchev–Trinajstić information content (AvgIpc) is 2.33. The van der Waals surface area contributed by atoms with Crippen LogP contribution >= 0.6 is 57.6 Å². The fourth-order valence-electron chi connectivity index (χ4n) is 1.32. The molecule has 0 fully saturated rings. The molecule has 8 heteroatoms. The maximum atomic E-state index is 13.8. The van der Waals surface area contributed by atoms with E-state index in [9.17, 15) is 14.3 Å². The molecule has 1 aromatic carbocycles. The van der Waals surface area contributed by atoms with Crippen LogP contribution in [0.3, 0.4) is 0 Å². The molecule has 0 aliphatic rings. The highest BCUT2D eigenvalue weighted by Crippen LogP contribution is 2.30. The number of rotatable bonds is 4. The van der Waals surface area contributed by atoms with Gasteiger partial charge in [-0.3, -0.25) is 0 Å². The van der Waals surface area contributed by atoms with Crippen molar-refractivity contribution in [3.63, 3.8) is 0 Å². The predicted octanol–water partition coefficient (Wildman–Crippen LogP) is 2.92. The topological polar surface area (TPSA) is 72.5 Å². The number of aromatic hydroxyl groups is 1. The summed E-state index contributed by atoms with van der Waals surface area (Å²) in [5.41, 5.74) is 6.14. The highest BCUT2D eigenvalue weighted by atomic mass is 127. The lowest BCUT2D eigenvalue weighted by Gasteiger charge is -2.17. The number of benzene rings is 1. The number of hydrogen-bond acceptors (Lipinski definition) is 4. The third-order valence-electron chi connectivity index (χ3n) is 2.25. The van der Waals surface area contributed by atoms with Crippen LogP contribution < -0.4 is 5.73 Å². The molecule has 108 valence electrons. The normalized spacial score (nSPS) is 13.3. The van der Waals surface area contributed by atoms with E-state index in [2.05, 4.69) is 4.74 Å². The van der Waals surface area contributed by atoms with Gasteiger partial charge in [0, 0.05) is 0 Å². The number of nitrogens with two attached hydrogens (primary N) is 1. The van der Waals surface area contributed by atoms with E-state index in [4.69, 9.17) is 5.73 Å². The summed E-state index contributed by atoms with van der Waals surface area (Å²) in [6.07, 6.45) is -1.92. The first-order valence-corrected chi connectivity index (χ1v) is 7.28. The van der Waals surface area contributed by atoms with Crippen LogP contribution in [0.5, 0.6) is 5.75 Å². The van der Waals surface area contributed by atoms with Crippen molar-refractivity contribution in [1.29, 1.82) is 0 Å². The number of hydrogen-bond donors (Lipinski definition) is 2. The summed E-state index contributed by atoms with van der Waals surface area (Å²) in [5, 5.41) is 9.60. The molecule has 0 saturated carbocycles. The second-order valence-electron chi connectivity index (χ2n) is 3.51. The van der Waals surface area contributed by atoms with E-state index in [-0.39, 0.29) is 24.8 Å². The Morgan fingerprint density at radius 2 is 1.95 bits per heavy atom. The molecule has 4 nitrogen and oxygen atoms in total. The van der Waals surface area contributed by atoms with Crippen LogP contribution in [-0.2, 0) is 9.53 Å². The molecule has 0 bridgehead atoms. The van der Waals surface area contributed by atoms with Crippen molar-refractivity contribution in [1.82, 2.24) is 0 Å². The molecule has 0 amide bonds. The molecule has 1 aromatic rings. The quantitative estimate of drug-likeness (QED) is 0.478. The zero-order chi connectivity index (χ0) is 13.9. The monoisotopic (exact) mass is 515 g/mol. The Labute approximate surface area is 144 Å². The summed E-state index contributed by atoms with van der Waals surface area (Å²) < 4.78 is 19.5. The zero-order valence-corrected chi connectivity index (χ0v) is 15.0. The van der Waals surface area contributed by atoms with Gasteiger partial charge in [0.1, 0.15) is 5.75 Å². The first-order chi connectivity index (χ1) is 8.38. The predicted molar refractivity (Wildman–Crippen MR) is 89.2 cm³/mol. The molecule has 2 atom stereocenters. The van der Waals surface area contributed by atoms with Crippen molar-refractivity contribution in [2.45, 2.75) is 19.1 Å². The van der Waals surface area contributed by atoms with Crippen molar-refractivity contribution in [2.75, 3.05) is 6.61 Å². The van der Waals surface area contributed by atoms with Crippen LogP contribution in [0.25, 0.3) is 0 Å². The maximum Gasteiger partial charge on any atom is 0.342 e. The second kappa shape index (κ2) is 8.42. The van der Waals surface area contributed by atoms with E-state index in [0.717, 1.165) is 0 Å². The number of carbonyl (C=O) groups is 1. The summed E-state index contributed by atoms with van der Waals surface area (Å²) in [7, 11) is 0. The van der Waals surface area contributed by atoms with E-state index in [0.29, 0.717) is 12.7 Å². The third kappa shape index (κ3) is 4.87. The average molecular weight is 515 g/mol. The number of esters is 1. The number of alkyl halides is 1. The molecule has 0 saturated heterocycles. The fourth-order valence-corrected chi connectivity index (χ4v) is 3.13. The molecule has 1 rings (SSSR count). The molecular weight excluding hydrogens is 502 g/mol. The minimum Gasteiger partial charge on any atom is -0.506 e. The van der Waals surface area contributed by atoms with Crippen molar-refractivity contribution in [3.8, 4) is 5.75 Å². The molecule has 0 aliphatic carbocycles. The van der Waals surface area contributed by atoms with E-state index in [1.165, 1.54) is 0 Å². The van der Waals surface area contributed by atoms with E-state index >= 15 is 0 Å². The van der Waals surface area contributed by atoms with Crippen LogP contribution in [-0.4, -0.2) is 23.9 Å². The number of phenols is 1. The highest BCUT2D eigenvalue weighted by Gasteiger charge is 2.28. The number of carbonyl (C=O) groups excluding carboxylic acids is 1. The standard InChI is InChI=1S/C11H12FI2NO3.ClH/c1-2-18-11(17)8(12)9(15)5-3-6(13)10(16)7(14)4-5;/h3-4,8-9,16H,2,15H2,1H3;1H/t8?,9-;/m0./s1. The number of phenolic OH excluding ortho intramolecular Hbond substituents is 1. The Bertz CT molecular complexity index is 439. The van der Waals surface area contributed by atoms with E-state index in [1.807, 2.05) is 45.2 Å². The summed E-state index contributed by atoms with van der Waals surface area (Å²) >= 11 is 3.83. The van der Waals surface area contributed by atoms with Crippen LogP contribution in [0.4, 0.5) is 4.39 Å². The molecule has 19 heavy (non-hydrogen) atoms. The number of halogens is 4. The lowest BCUT2D eigenvalue weighted by molar-refractivity contribution is -0.149. The molecule has 3 N–H and O–H groups in total. The lowest BCUT2D eigenvalue weighted by Crippen LogP contribution is -2.31. The van der Waals surface area contributed by atoms with Gasteiger partial charge in [-0.15, -0.1) is 12.4 Å². The molecule has 1 unspecified atom stereocenters. The summed E-state index contributed by atoms with van der Waals surface area (Å²) in [6.45, 7) is 1.71. The van der Waals surface area contributed by atoms with Crippen LogP contribution in [0.1, 0.15) is 18.5 Å². The summed E-state index contributed by atoms with van der Waals surface area (Å²) in [6, 6.07) is 2.00. The van der Waals surface area contributed by atoms with Gasteiger partial charge >= 0.3 is 5.97 Å². The van der Waals surface area contributed by atoms with Crippen LogP contribution in [0.2, 0.25) is 0 Å². The van der Waals surface area contributed by atoms with E-state index < -0.39 is 18.2 Å². The van der Waals surface area contributed by atoms with Crippen LogP contribution in [0.15, 0.2) is 12.1 Å². The SMILES string of the molecule is CCOC(=O)C(F)[C@@H](N)c1cc(I)c(O)c(I)c1.Cl. The van der Waals surface area contributed by atoms with Gasteiger partial charge in [-0.05, 0) is 69.8 Å². The summed E-state index contributed by atoms with van der Waals surface area (Å²) in [5.74, 6) is -0.846. The fraction of sp³-hybridized carbons (Fsp3) is 0.364. The van der Waals surface area contributed by atoms with Gasteiger partial charge < -0.3 is 15.6 Å². The molecule has 0 aromatic heterocycles. The maximum absolute atomic E-state index is 13.8. The molecule has 0 radical (unpaired) electrons. The van der Waals surface area contributed by atoms with Gasteiger partial charge in [-0.2, -0.15) is 0 Å². The summed E-state index contributed by atoms with van der Waals surface area (Å²) in [4.78, 5) is 11.3. The molecule has 0 spiro atoms. The Morgan fingerprint density at radius 3 is 2.37 bits per heavy atom. The van der Waals surface area contributed by atoms with Gasteiger partial charge in [0.05, 0.1) is 19.8 Å². The molecule has 0 heterocycles. The smallest absolute Gasteiger partial charge is 0.342 e.